The van der Waals surface area contributed by atoms with Gasteiger partial charge in [-0.05, 0) is 56.3 Å². The Kier molecular flexibility index (Phi) is 2.86. The molecule has 98 valence electrons. The normalized spacial score (nSPS) is 29.7. The summed E-state index contributed by atoms with van der Waals surface area (Å²) in [6.45, 7) is 8.96. The van der Waals surface area contributed by atoms with E-state index in [1.807, 2.05) is 0 Å². The number of rotatable bonds is 1. The molecule has 18 heavy (non-hydrogen) atoms. The highest BCUT2D eigenvalue weighted by molar-refractivity contribution is 5.47. The Hall–Kier alpha value is -1.02. The van der Waals surface area contributed by atoms with Gasteiger partial charge >= 0.3 is 0 Å². The van der Waals surface area contributed by atoms with Gasteiger partial charge in [-0.3, -0.25) is 0 Å². The van der Waals surface area contributed by atoms with E-state index in [4.69, 9.17) is 4.74 Å². The van der Waals surface area contributed by atoms with E-state index in [-0.39, 0.29) is 5.60 Å². The number of benzene rings is 1. The molecule has 2 heterocycles. The Labute approximate surface area is 110 Å². The molecule has 1 N–H and O–H groups in total. The zero-order valence-electron chi connectivity index (χ0n) is 11.6. The highest BCUT2D eigenvalue weighted by Gasteiger charge is 2.34. The lowest BCUT2D eigenvalue weighted by molar-refractivity contribution is 0.135. The van der Waals surface area contributed by atoms with Gasteiger partial charge in [0, 0.05) is 6.42 Å². The predicted octanol–water partition coefficient (Wildman–Crippen LogP) is 3.11. The first-order chi connectivity index (χ1) is 8.57. The van der Waals surface area contributed by atoms with Crippen molar-refractivity contribution in [1.29, 1.82) is 0 Å². The van der Waals surface area contributed by atoms with Crippen LogP contribution in [0.25, 0.3) is 0 Å². The van der Waals surface area contributed by atoms with Crippen LogP contribution in [0.3, 0.4) is 0 Å². The second kappa shape index (κ2) is 4.27. The molecule has 3 rings (SSSR count). The molecule has 1 aromatic rings. The van der Waals surface area contributed by atoms with Crippen LogP contribution in [-0.2, 0) is 6.42 Å². The van der Waals surface area contributed by atoms with Crippen molar-refractivity contribution in [2.24, 2.45) is 5.92 Å². The molecule has 2 heteroatoms. The standard InChI is InChI=1S/C16H23NO/c1-11-10-17-8-7-13(11)14-6-4-5-12-9-16(2,3)18-15(12)14/h4-6,11,13,17H,7-10H2,1-3H3. The van der Waals surface area contributed by atoms with E-state index < -0.39 is 0 Å². The minimum Gasteiger partial charge on any atom is -0.487 e. The summed E-state index contributed by atoms with van der Waals surface area (Å²) < 4.78 is 6.21. The van der Waals surface area contributed by atoms with Crippen molar-refractivity contribution in [1.82, 2.24) is 5.32 Å². The van der Waals surface area contributed by atoms with Crippen LogP contribution in [0.1, 0.15) is 44.2 Å². The van der Waals surface area contributed by atoms with E-state index in [9.17, 15) is 0 Å². The largest absolute Gasteiger partial charge is 0.487 e. The first-order valence-corrected chi connectivity index (χ1v) is 7.08. The third kappa shape index (κ3) is 2.03. The van der Waals surface area contributed by atoms with Crippen molar-refractivity contribution in [3.63, 3.8) is 0 Å². The van der Waals surface area contributed by atoms with Gasteiger partial charge in [0.1, 0.15) is 11.4 Å². The summed E-state index contributed by atoms with van der Waals surface area (Å²) in [7, 11) is 0. The fourth-order valence-corrected chi connectivity index (χ4v) is 3.41. The minimum absolute atomic E-state index is 0.0331. The van der Waals surface area contributed by atoms with Crippen molar-refractivity contribution in [2.75, 3.05) is 13.1 Å². The Morgan fingerprint density at radius 1 is 1.33 bits per heavy atom. The van der Waals surface area contributed by atoms with E-state index in [0.29, 0.717) is 11.8 Å². The van der Waals surface area contributed by atoms with E-state index in [1.54, 1.807) is 0 Å². The summed E-state index contributed by atoms with van der Waals surface area (Å²) in [5.74, 6) is 2.52. The average Bonchev–Trinajstić information content (AvgIpc) is 2.63. The van der Waals surface area contributed by atoms with E-state index in [0.717, 1.165) is 19.5 Å². The third-order valence-electron chi connectivity index (χ3n) is 4.31. The van der Waals surface area contributed by atoms with Crippen molar-refractivity contribution >= 4 is 0 Å². The SMILES string of the molecule is CC1CNCCC1c1cccc2c1OC(C)(C)C2. The van der Waals surface area contributed by atoms with Gasteiger partial charge in [-0.2, -0.15) is 0 Å². The first kappa shape index (κ1) is 12.0. The maximum Gasteiger partial charge on any atom is 0.126 e. The molecule has 2 aliphatic heterocycles. The van der Waals surface area contributed by atoms with Crippen LogP contribution in [0.2, 0.25) is 0 Å². The lowest BCUT2D eigenvalue weighted by Crippen LogP contribution is -2.34. The highest BCUT2D eigenvalue weighted by atomic mass is 16.5. The number of fused-ring (bicyclic) bond motifs is 1. The van der Waals surface area contributed by atoms with Crippen LogP contribution in [0.5, 0.6) is 5.75 Å². The van der Waals surface area contributed by atoms with Crippen molar-refractivity contribution < 1.29 is 4.74 Å². The van der Waals surface area contributed by atoms with Gasteiger partial charge in [-0.25, -0.2) is 0 Å². The molecule has 2 unspecified atom stereocenters. The third-order valence-corrected chi connectivity index (χ3v) is 4.31. The summed E-state index contributed by atoms with van der Waals surface area (Å²) in [6, 6.07) is 6.69. The lowest BCUT2D eigenvalue weighted by atomic mass is 9.81. The van der Waals surface area contributed by atoms with Crippen LogP contribution in [0, 0.1) is 5.92 Å². The Morgan fingerprint density at radius 2 is 2.17 bits per heavy atom. The molecule has 0 radical (unpaired) electrons. The zero-order valence-corrected chi connectivity index (χ0v) is 11.6. The molecular formula is C16H23NO. The summed E-state index contributed by atoms with van der Waals surface area (Å²) in [4.78, 5) is 0. The van der Waals surface area contributed by atoms with E-state index in [2.05, 4.69) is 44.3 Å². The van der Waals surface area contributed by atoms with Gasteiger partial charge < -0.3 is 10.1 Å². The molecule has 0 aromatic heterocycles. The molecule has 2 nitrogen and oxygen atoms in total. The molecule has 2 aliphatic rings. The van der Waals surface area contributed by atoms with Gasteiger partial charge in [0.15, 0.2) is 0 Å². The maximum atomic E-state index is 6.21. The van der Waals surface area contributed by atoms with Crippen LogP contribution in [0.15, 0.2) is 18.2 Å². The zero-order chi connectivity index (χ0) is 12.8. The number of nitrogens with one attached hydrogen (secondary N) is 1. The van der Waals surface area contributed by atoms with Crippen LogP contribution < -0.4 is 10.1 Å². The Balaban J connectivity index is 1.97. The van der Waals surface area contributed by atoms with Gasteiger partial charge in [0.2, 0.25) is 0 Å². The monoisotopic (exact) mass is 245 g/mol. The number of piperidine rings is 1. The molecule has 0 amide bonds. The Bertz CT molecular complexity index is 452. The summed E-state index contributed by atoms with van der Waals surface area (Å²) in [5, 5.41) is 3.48. The number of hydrogen-bond donors (Lipinski definition) is 1. The van der Waals surface area contributed by atoms with Gasteiger partial charge in [-0.1, -0.05) is 25.1 Å². The highest BCUT2D eigenvalue weighted by Crippen LogP contribution is 2.43. The van der Waals surface area contributed by atoms with Crippen LogP contribution in [0.4, 0.5) is 0 Å². The lowest BCUT2D eigenvalue weighted by Gasteiger charge is -2.31. The maximum absolute atomic E-state index is 6.21. The molecular weight excluding hydrogens is 222 g/mol. The topological polar surface area (TPSA) is 21.3 Å². The second-order valence-electron chi connectivity index (χ2n) is 6.45. The van der Waals surface area contributed by atoms with Gasteiger partial charge in [-0.15, -0.1) is 0 Å². The fourth-order valence-electron chi connectivity index (χ4n) is 3.41. The van der Waals surface area contributed by atoms with Gasteiger partial charge in [0.25, 0.3) is 0 Å². The predicted molar refractivity (Wildman–Crippen MR) is 74.2 cm³/mol. The van der Waals surface area contributed by atoms with E-state index >= 15 is 0 Å². The molecule has 0 aliphatic carbocycles. The number of ether oxygens (including phenoxy) is 1. The van der Waals surface area contributed by atoms with Crippen LogP contribution >= 0.6 is 0 Å². The summed E-state index contributed by atoms with van der Waals surface area (Å²) >= 11 is 0. The summed E-state index contributed by atoms with van der Waals surface area (Å²) in [5.41, 5.74) is 2.80. The first-order valence-electron chi connectivity index (χ1n) is 7.08. The van der Waals surface area contributed by atoms with Crippen LogP contribution in [-0.4, -0.2) is 18.7 Å². The average molecular weight is 245 g/mol. The molecule has 0 saturated carbocycles. The smallest absolute Gasteiger partial charge is 0.126 e. The molecule has 0 spiro atoms. The minimum atomic E-state index is -0.0331. The molecule has 2 atom stereocenters. The molecule has 0 bridgehead atoms. The second-order valence-corrected chi connectivity index (χ2v) is 6.45. The van der Waals surface area contributed by atoms with Gasteiger partial charge in [0.05, 0.1) is 0 Å². The molecule has 1 aromatic carbocycles. The van der Waals surface area contributed by atoms with Crippen molar-refractivity contribution in [3.05, 3.63) is 29.3 Å². The van der Waals surface area contributed by atoms with Crippen molar-refractivity contribution in [2.45, 2.75) is 45.1 Å². The Morgan fingerprint density at radius 3 is 2.94 bits per heavy atom. The molecule has 1 saturated heterocycles. The summed E-state index contributed by atoms with van der Waals surface area (Å²) in [6.07, 6.45) is 2.26. The number of para-hydroxylation sites is 1. The van der Waals surface area contributed by atoms with Crippen molar-refractivity contribution in [3.8, 4) is 5.75 Å². The number of hydrogen-bond acceptors (Lipinski definition) is 2. The van der Waals surface area contributed by atoms with E-state index in [1.165, 1.54) is 23.3 Å². The quantitative estimate of drug-likeness (QED) is 0.821. The molecule has 1 fully saturated rings. The fraction of sp³-hybridized carbons (Fsp3) is 0.625.